The van der Waals surface area contributed by atoms with E-state index in [1.807, 2.05) is 6.92 Å². The van der Waals surface area contributed by atoms with E-state index in [0.29, 0.717) is 6.61 Å². The molecule has 160 valence electrons. The van der Waals surface area contributed by atoms with E-state index in [1.54, 1.807) is 0 Å². The normalized spacial score (nSPS) is 19.3. The lowest BCUT2D eigenvalue weighted by Crippen LogP contribution is -2.39. The maximum Gasteiger partial charge on any atom is 0.310 e. The van der Waals surface area contributed by atoms with Crippen LogP contribution in [0.3, 0.4) is 0 Å². The Labute approximate surface area is 181 Å². The number of ether oxygens (including phenoxy) is 1. The van der Waals surface area contributed by atoms with Gasteiger partial charge in [-0.15, -0.1) is 0 Å². The molecule has 4 aliphatic carbocycles. The number of carbonyl (C=O) groups excluding carboxylic acids is 1. The number of carbonyl (C=O) groups is 1. The van der Waals surface area contributed by atoms with Crippen molar-refractivity contribution in [2.24, 2.45) is 5.92 Å². The average molecular weight is 406 g/mol. The van der Waals surface area contributed by atoms with Crippen molar-refractivity contribution in [2.75, 3.05) is 26.2 Å². The fourth-order valence-electron chi connectivity index (χ4n) is 4.96. The van der Waals surface area contributed by atoms with Gasteiger partial charge in [0, 0.05) is 6.54 Å². The number of piperidine rings is 1. The first kappa shape index (κ1) is 21.1. The second-order valence-corrected chi connectivity index (χ2v) is 8.91. The van der Waals surface area contributed by atoms with Gasteiger partial charge in [-0.25, -0.2) is 0 Å². The zero-order valence-electron chi connectivity index (χ0n) is 18.4. The third-order valence-corrected chi connectivity index (χ3v) is 6.72. The molecule has 7 rings (SSSR count). The van der Waals surface area contributed by atoms with E-state index in [-0.39, 0.29) is 11.9 Å². The maximum absolute atomic E-state index is 12.1. The Morgan fingerprint density at radius 1 is 1.00 bits per heavy atom. The highest BCUT2D eigenvalue weighted by Gasteiger charge is 2.26. The number of hydrogen-bond acceptors (Lipinski definition) is 3. The molecule has 3 heteroatoms. The van der Waals surface area contributed by atoms with Crippen molar-refractivity contribution >= 4 is 5.97 Å². The molecule has 0 amide bonds. The largest absolute Gasteiger partial charge is 0.466 e. The van der Waals surface area contributed by atoms with Gasteiger partial charge >= 0.3 is 5.97 Å². The van der Waals surface area contributed by atoms with Gasteiger partial charge in [-0.1, -0.05) is 42.5 Å². The van der Waals surface area contributed by atoms with Crippen LogP contribution in [0.1, 0.15) is 54.0 Å². The lowest BCUT2D eigenvalue weighted by molar-refractivity contribution is -0.149. The van der Waals surface area contributed by atoms with E-state index in [2.05, 4.69) is 47.4 Å². The summed E-state index contributed by atoms with van der Waals surface area (Å²) in [5.41, 5.74) is 7.37. The molecule has 0 radical (unpaired) electrons. The first-order valence-corrected chi connectivity index (χ1v) is 11.8. The van der Waals surface area contributed by atoms with Crippen molar-refractivity contribution in [3.05, 3.63) is 70.3 Å². The van der Waals surface area contributed by atoms with Crippen LogP contribution in [0.25, 0.3) is 0 Å². The van der Waals surface area contributed by atoms with Crippen LogP contribution >= 0.6 is 0 Å². The highest BCUT2D eigenvalue weighted by molar-refractivity contribution is 5.72. The number of nitrogens with zero attached hydrogens (tertiary/aromatic N) is 1. The summed E-state index contributed by atoms with van der Waals surface area (Å²) < 4.78 is 5.25. The fourth-order valence-corrected chi connectivity index (χ4v) is 4.96. The average Bonchev–Trinajstić information content (AvgIpc) is 2.76. The quantitative estimate of drug-likeness (QED) is 0.648. The van der Waals surface area contributed by atoms with Crippen LogP contribution in [0.5, 0.6) is 0 Å². The Morgan fingerprint density at radius 2 is 1.70 bits per heavy atom. The van der Waals surface area contributed by atoms with E-state index >= 15 is 0 Å². The molecule has 2 aromatic rings. The minimum absolute atomic E-state index is 0.00797. The van der Waals surface area contributed by atoms with E-state index in [9.17, 15) is 4.79 Å². The zero-order chi connectivity index (χ0) is 20.8. The third-order valence-electron chi connectivity index (χ3n) is 6.72. The number of hydrogen-bond donors (Lipinski definition) is 0. The molecule has 1 unspecified atom stereocenters. The molecule has 1 fully saturated rings. The minimum Gasteiger partial charge on any atom is -0.466 e. The zero-order valence-corrected chi connectivity index (χ0v) is 18.4. The predicted molar refractivity (Wildman–Crippen MR) is 122 cm³/mol. The summed E-state index contributed by atoms with van der Waals surface area (Å²) in [6.07, 6.45) is 8.80. The van der Waals surface area contributed by atoms with Gasteiger partial charge in [-0.2, -0.15) is 0 Å². The van der Waals surface area contributed by atoms with Crippen LogP contribution < -0.4 is 0 Å². The van der Waals surface area contributed by atoms with Crippen LogP contribution in [0.4, 0.5) is 0 Å². The fraction of sp³-hybridized carbons (Fsp3) is 0.519. The Morgan fingerprint density at radius 3 is 2.47 bits per heavy atom. The lowest BCUT2D eigenvalue weighted by Gasteiger charge is -2.31. The van der Waals surface area contributed by atoms with Crippen molar-refractivity contribution < 1.29 is 9.53 Å². The summed E-state index contributed by atoms with van der Waals surface area (Å²) in [7, 11) is 0. The molecule has 2 aromatic carbocycles. The molecule has 1 saturated heterocycles. The topological polar surface area (TPSA) is 29.5 Å². The van der Waals surface area contributed by atoms with Crippen molar-refractivity contribution in [3.8, 4) is 0 Å². The molecule has 30 heavy (non-hydrogen) atoms. The molecule has 0 saturated carbocycles. The molecule has 0 N–H and O–H groups in total. The second-order valence-electron chi connectivity index (χ2n) is 8.91. The Hall–Kier alpha value is -2.13. The SMILES string of the molecule is CCOC(=O)C1CCCN(CCCc2cc3ccc2CCc2ccc(cc2)CC3)C1. The number of likely N-dealkylation sites (tertiary alicyclic amines) is 1. The van der Waals surface area contributed by atoms with Crippen LogP contribution in [-0.4, -0.2) is 37.1 Å². The third kappa shape index (κ3) is 5.51. The van der Waals surface area contributed by atoms with Gasteiger partial charge in [0.1, 0.15) is 0 Å². The van der Waals surface area contributed by atoms with Crippen molar-refractivity contribution in [3.63, 3.8) is 0 Å². The standard InChI is InChI=1S/C27H35NO2/c1-2-30-27(29)26-6-4-18-28(20-26)17-3-5-25-19-23-12-11-21-7-9-22(10-8-21)13-15-24(25)16-14-23/h7-10,14,16,19,26H,2-6,11-13,15,17-18,20H2,1H3. The van der Waals surface area contributed by atoms with Gasteiger partial charge in [0.15, 0.2) is 0 Å². The van der Waals surface area contributed by atoms with Gasteiger partial charge in [0.05, 0.1) is 12.5 Å². The van der Waals surface area contributed by atoms with E-state index in [1.165, 1.54) is 27.8 Å². The number of aryl methyl sites for hydroxylation is 5. The van der Waals surface area contributed by atoms with Gasteiger partial charge < -0.3 is 9.64 Å². The van der Waals surface area contributed by atoms with Crippen molar-refractivity contribution in [2.45, 2.75) is 58.3 Å². The summed E-state index contributed by atoms with van der Waals surface area (Å²) in [4.78, 5) is 14.6. The van der Waals surface area contributed by atoms with Gasteiger partial charge in [-0.3, -0.25) is 4.79 Å². The Balaban J connectivity index is 1.36. The second kappa shape index (κ2) is 10.3. The smallest absolute Gasteiger partial charge is 0.310 e. The van der Waals surface area contributed by atoms with E-state index in [4.69, 9.17) is 4.74 Å². The first-order valence-electron chi connectivity index (χ1n) is 11.8. The van der Waals surface area contributed by atoms with Crippen LogP contribution in [-0.2, 0) is 41.6 Å². The summed E-state index contributed by atoms with van der Waals surface area (Å²) >= 11 is 0. The van der Waals surface area contributed by atoms with Crippen molar-refractivity contribution in [1.82, 2.24) is 4.90 Å². The Bertz CT molecular complexity index is 842. The van der Waals surface area contributed by atoms with Gasteiger partial charge in [0.2, 0.25) is 0 Å². The molecule has 0 spiro atoms. The monoisotopic (exact) mass is 405 g/mol. The highest BCUT2D eigenvalue weighted by atomic mass is 16.5. The molecule has 1 aliphatic heterocycles. The maximum atomic E-state index is 12.1. The minimum atomic E-state index is -0.00797. The van der Waals surface area contributed by atoms with Gasteiger partial charge in [0.25, 0.3) is 0 Å². The highest BCUT2D eigenvalue weighted by Crippen LogP contribution is 2.22. The molecular weight excluding hydrogens is 370 g/mol. The molecule has 1 atom stereocenters. The lowest BCUT2D eigenvalue weighted by atomic mass is 9.91. The molecule has 4 bridgehead atoms. The van der Waals surface area contributed by atoms with Crippen LogP contribution in [0.2, 0.25) is 0 Å². The summed E-state index contributed by atoms with van der Waals surface area (Å²) in [6.45, 7) is 5.42. The molecule has 5 aliphatic rings. The molecule has 1 heterocycles. The summed E-state index contributed by atoms with van der Waals surface area (Å²) in [5.74, 6) is 0.0561. The predicted octanol–water partition coefficient (Wildman–Crippen LogP) is 4.78. The summed E-state index contributed by atoms with van der Waals surface area (Å²) in [5, 5.41) is 0. The van der Waals surface area contributed by atoms with Gasteiger partial charge in [-0.05, 0) is 99.2 Å². The van der Waals surface area contributed by atoms with Crippen LogP contribution in [0, 0.1) is 5.92 Å². The Kier molecular flexibility index (Phi) is 7.22. The number of benzene rings is 2. The number of esters is 1. The van der Waals surface area contributed by atoms with Crippen molar-refractivity contribution in [1.29, 1.82) is 0 Å². The van der Waals surface area contributed by atoms with Crippen LogP contribution in [0.15, 0.2) is 42.5 Å². The summed E-state index contributed by atoms with van der Waals surface area (Å²) in [6, 6.07) is 16.4. The first-order chi connectivity index (χ1) is 14.7. The van der Waals surface area contributed by atoms with E-state index in [0.717, 1.165) is 71.0 Å². The number of rotatable bonds is 6. The molecule has 0 aromatic heterocycles. The molecular formula is C27H35NO2. The van der Waals surface area contributed by atoms with E-state index < -0.39 is 0 Å². The molecule has 3 nitrogen and oxygen atoms in total.